The predicted molar refractivity (Wildman–Crippen MR) is 104 cm³/mol. The van der Waals surface area contributed by atoms with Gasteiger partial charge in [0.25, 0.3) is 5.91 Å². The van der Waals surface area contributed by atoms with Crippen LogP contribution in [0.15, 0.2) is 57.7 Å². The van der Waals surface area contributed by atoms with Crippen LogP contribution in [0.2, 0.25) is 0 Å². The maximum Gasteiger partial charge on any atom is 0.419 e. The number of amides is 1. The van der Waals surface area contributed by atoms with Crippen LogP contribution in [0, 0.1) is 0 Å². The van der Waals surface area contributed by atoms with Crippen molar-refractivity contribution in [3.05, 3.63) is 70.2 Å². The van der Waals surface area contributed by atoms with E-state index in [1.165, 1.54) is 10.1 Å². The van der Waals surface area contributed by atoms with Crippen molar-refractivity contribution < 1.29 is 9.21 Å². The van der Waals surface area contributed by atoms with Gasteiger partial charge in [-0.2, -0.15) is 0 Å². The van der Waals surface area contributed by atoms with Gasteiger partial charge in [0, 0.05) is 32.7 Å². The smallest absolute Gasteiger partial charge is 0.407 e. The van der Waals surface area contributed by atoms with E-state index >= 15 is 0 Å². The third kappa shape index (κ3) is 3.66. The van der Waals surface area contributed by atoms with Crippen molar-refractivity contribution in [3.63, 3.8) is 0 Å². The molecule has 0 atom stereocenters. The number of aromatic nitrogens is 1. The van der Waals surface area contributed by atoms with E-state index < -0.39 is 5.76 Å². The summed E-state index contributed by atoms with van der Waals surface area (Å²) in [4.78, 5) is 26.9. The summed E-state index contributed by atoms with van der Waals surface area (Å²) >= 11 is 0. The zero-order chi connectivity index (χ0) is 18.8. The number of para-hydroxylation sites is 1. The molecule has 2 aromatic carbocycles. The zero-order valence-corrected chi connectivity index (χ0v) is 15.4. The van der Waals surface area contributed by atoms with Crippen molar-refractivity contribution in [3.8, 4) is 0 Å². The van der Waals surface area contributed by atoms with Crippen molar-refractivity contribution >= 4 is 17.0 Å². The number of hydrogen-bond donors (Lipinski definition) is 1. The largest absolute Gasteiger partial charge is 0.419 e. The Morgan fingerprint density at radius 2 is 1.85 bits per heavy atom. The molecule has 1 amide bonds. The zero-order valence-electron chi connectivity index (χ0n) is 15.4. The van der Waals surface area contributed by atoms with Crippen molar-refractivity contribution in [2.75, 3.05) is 13.1 Å². The normalized spacial score (nSPS) is 15.9. The number of benzene rings is 2. The number of aryl methyl sites for hydroxylation is 1. The molecule has 1 aliphatic heterocycles. The third-order valence-corrected chi connectivity index (χ3v) is 5.24. The second kappa shape index (κ2) is 7.40. The summed E-state index contributed by atoms with van der Waals surface area (Å²) in [5.74, 6) is -0.643. The van der Waals surface area contributed by atoms with Gasteiger partial charge >= 0.3 is 5.76 Å². The van der Waals surface area contributed by atoms with E-state index in [-0.39, 0.29) is 11.9 Å². The summed E-state index contributed by atoms with van der Waals surface area (Å²) in [7, 11) is 1.64. The fourth-order valence-corrected chi connectivity index (χ4v) is 3.67. The van der Waals surface area contributed by atoms with Crippen molar-refractivity contribution in [1.82, 2.24) is 14.8 Å². The standard InChI is InChI=1S/C21H23N3O3/c1-23-18-9-5-8-17(19(18)27-21(23)26)20(25)22-16-10-12-24(13-11-16)14-15-6-3-2-4-7-15/h2-9,16H,10-14H2,1H3,(H,22,25). The van der Waals surface area contributed by atoms with Gasteiger partial charge in [0.15, 0.2) is 5.58 Å². The molecule has 1 fully saturated rings. The maximum atomic E-state index is 12.7. The van der Waals surface area contributed by atoms with E-state index in [9.17, 15) is 9.59 Å². The average Bonchev–Trinajstić information content (AvgIpc) is 2.98. The van der Waals surface area contributed by atoms with Gasteiger partial charge in [-0.1, -0.05) is 36.4 Å². The Kier molecular flexibility index (Phi) is 4.81. The molecule has 0 aliphatic carbocycles. The van der Waals surface area contributed by atoms with Gasteiger partial charge in [-0.3, -0.25) is 14.3 Å². The summed E-state index contributed by atoms with van der Waals surface area (Å²) in [6.07, 6.45) is 1.82. The number of carbonyl (C=O) groups is 1. The molecular weight excluding hydrogens is 342 g/mol. The molecule has 4 rings (SSSR count). The Bertz CT molecular complexity index is 998. The van der Waals surface area contributed by atoms with E-state index in [2.05, 4.69) is 34.5 Å². The summed E-state index contributed by atoms with van der Waals surface area (Å²) in [6.45, 7) is 2.84. The molecule has 0 unspecified atom stereocenters. The highest BCUT2D eigenvalue weighted by Gasteiger charge is 2.23. The average molecular weight is 365 g/mol. The number of nitrogens with one attached hydrogen (secondary N) is 1. The van der Waals surface area contributed by atoms with E-state index in [4.69, 9.17) is 4.42 Å². The predicted octanol–water partition coefficient (Wildman–Crippen LogP) is 2.53. The molecule has 2 heterocycles. The Morgan fingerprint density at radius 3 is 2.59 bits per heavy atom. The van der Waals surface area contributed by atoms with Crippen LogP contribution in [0.4, 0.5) is 0 Å². The summed E-state index contributed by atoms with van der Waals surface area (Å²) < 4.78 is 6.67. The van der Waals surface area contributed by atoms with Crippen LogP contribution in [0.3, 0.4) is 0 Å². The fraction of sp³-hybridized carbons (Fsp3) is 0.333. The summed E-state index contributed by atoms with van der Waals surface area (Å²) in [5.41, 5.74) is 2.71. The molecule has 1 aromatic heterocycles. The van der Waals surface area contributed by atoms with Crippen LogP contribution in [0.1, 0.15) is 28.8 Å². The van der Waals surface area contributed by atoms with E-state index in [1.54, 1.807) is 25.2 Å². The lowest BCUT2D eigenvalue weighted by Crippen LogP contribution is -2.44. The number of carbonyl (C=O) groups excluding carboxylic acids is 1. The first-order chi connectivity index (χ1) is 13.1. The molecule has 3 aromatic rings. The Labute approximate surface area is 157 Å². The molecule has 6 heteroatoms. The molecule has 140 valence electrons. The van der Waals surface area contributed by atoms with Gasteiger partial charge in [-0.05, 0) is 30.5 Å². The lowest BCUT2D eigenvalue weighted by atomic mass is 10.0. The lowest BCUT2D eigenvalue weighted by molar-refractivity contribution is 0.0909. The van der Waals surface area contributed by atoms with Crippen LogP contribution in [0.25, 0.3) is 11.1 Å². The quantitative estimate of drug-likeness (QED) is 0.771. The maximum absolute atomic E-state index is 12.7. The highest BCUT2D eigenvalue weighted by molar-refractivity contribution is 6.04. The summed E-state index contributed by atoms with van der Waals surface area (Å²) in [5, 5.41) is 3.10. The minimum absolute atomic E-state index is 0.134. The topological polar surface area (TPSA) is 67.5 Å². The molecular formula is C21H23N3O3. The number of piperidine rings is 1. The number of nitrogens with zero attached hydrogens (tertiary/aromatic N) is 2. The molecule has 6 nitrogen and oxygen atoms in total. The van der Waals surface area contributed by atoms with Crippen LogP contribution in [0.5, 0.6) is 0 Å². The third-order valence-electron chi connectivity index (χ3n) is 5.24. The molecule has 0 bridgehead atoms. The van der Waals surface area contributed by atoms with Crippen molar-refractivity contribution in [2.24, 2.45) is 7.05 Å². The van der Waals surface area contributed by atoms with Crippen LogP contribution < -0.4 is 11.1 Å². The fourth-order valence-electron chi connectivity index (χ4n) is 3.67. The molecule has 1 N–H and O–H groups in total. The molecule has 1 saturated heterocycles. The van der Waals surface area contributed by atoms with Gasteiger partial charge in [0.2, 0.25) is 0 Å². The molecule has 27 heavy (non-hydrogen) atoms. The molecule has 0 spiro atoms. The SMILES string of the molecule is Cn1c(=O)oc2c(C(=O)NC3CCN(Cc4ccccc4)CC3)cccc21. The first kappa shape index (κ1) is 17.5. The molecule has 0 saturated carbocycles. The van der Waals surface area contributed by atoms with Crippen LogP contribution in [-0.2, 0) is 13.6 Å². The van der Waals surface area contributed by atoms with Gasteiger partial charge in [-0.15, -0.1) is 0 Å². The lowest BCUT2D eigenvalue weighted by Gasteiger charge is -2.32. The Morgan fingerprint density at radius 1 is 1.11 bits per heavy atom. The Hall–Kier alpha value is -2.86. The number of fused-ring (bicyclic) bond motifs is 1. The highest BCUT2D eigenvalue weighted by atomic mass is 16.4. The van der Waals surface area contributed by atoms with Gasteiger partial charge in [-0.25, -0.2) is 4.79 Å². The molecule has 0 radical (unpaired) electrons. The van der Waals surface area contributed by atoms with Crippen molar-refractivity contribution in [2.45, 2.75) is 25.4 Å². The van der Waals surface area contributed by atoms with E-state index in [0.29, 0.717) is 16.7 Å². The first-order valence-corrected chi connectivity index (χ1v) is 9.27. The number of hydrogen-bond acceptors (Lipinski definition) is 4. The van der Waals surface area contributed by atoms with E-state index in [0.717, 1.165) is 32.5 Å². The van der Waals surface area contributed by atoms with Gasteiger partial charge in [0.1, 0.15) is 0 Å². The minimum Gasteiger partial charge on any atom is -0.407 e. The molecule has 1 aliphatic rings. The van der Waals surface area contributed by atoms with Crippen LogP contribution in [-0.4, -0.2) is 34.5 Å². The monoisotopic (exact) mass is 365 g/mol. The second-order valence-corrected chi connectivity index (χ2v) is 7.09. The van der Waals surface area contributed by atoms with Gasteiger partial charge < -0.3 is 9.73 Å². The number of rotatable bonds is 4. The number of likely N-dealkylation sites (tertiary alicyclic amines) is 1. The van der Waals surface area contributed by atoms with Crippen molar-refractivity contribution in [1.29, 1.82) is 0 Å². The Balaban J connectivity index is 1.39. The van der Waals surface area contributed by atoms with Gasteiger partial charge in [0.05, 0.1) is 11.1 Å². The van der Waals surface area contributed by atoms with E-state index in [1.807, 2.05) is 6.07 Å². The minimum atomic E-state index is -0.459. The second-order valence-electron chi connectivity index (χ2n) is 7.09. The summed E-state index contributed by atoms with van der Waals surface area (Å²) in [6, 6.07) is 15.8. The van der Waals surface area contributed by atoms with Crippen LogP contribution >= 0.6 is 0 Å². The number of oxazole rings is 1. The first-order valence-electron chi connectivity index (χ1n) is 9.27. The highest BCUT2D eigenvalue weighted by Crippen LogP contribution is 2.19.